The zero-order valence-electron chi connectivity index (χ0n) is 23.8. The molecule has 0 aliphatic rings. The molecule has 0 unspecified atom stereocenters. The molecule has 6 heteroatoms. The number of nitrogens with one attached hydrogen (secondary N) is 2. The molecule has 0 aromatic heterocycles. The van der Waals surface area contributed by atoms with Gasteiger partial charge in [0.05, 0.1) is 6.42 Å². The first-order valence-corrected chi connectivity index (χ1v) is 13.6. The normalized spacial score (nSPS) is 11.3. The molecule has 2 amide bonds. The number of urea groups is 1. The third-order valence-corrected chi connectivity index (χ3v) is 6.74. The van der Waals surface area contributed by atoms with E-state index in [1.54, 1.807) is 0 Å². The van der Waals surface area contributed by atoms with Gasteiger partial charge in [-0.25, -0.2) is 4.79 Å². The van der Waals surface area contributed by atoms with Crippen molar-refractivity contribution in [2.24, 2.45) is 0 Å². The number of amides is 2. The molecule has 3 aromatic carbocycles. The number of carbonyl (C=O) groups excluding carboxylic acids is 1. The number of carboxylic acid groups (broad SMARTS) is 1. The van der Waals surface area contributed by atoms with E-state index in [4.69, 9.17) is 10.5 Å². The zero-order valence-corrected chi connectivity index (χ0v) is 23.8. The number of amidine groups is 1. The number of aliphatic carboxylic acids is 1. The molecule has 3 N–H and O–H groups in total. The van der Waals surface area contributed by atoms with Crippen molar-refractivity contribution in [2.45, 2.75) is 78.3 Å². The molecule has 0 atom stereocenters. The standard InChI is InChI=1S/C33H41N3O3/c1-23(2)36(32(39)35-22-25-14-18-29(19-15-25)33(3,4)5)30(34)11-7-8-24-12-16-27(17-13-24)28-10-6-9-26(20-28)21-31(37)38/h6,9-10,12-20,23,34H,7-8,11,21-22H2,1-5H3,(H,35,39)(H,37,38). The minimum atomic E-state index is -0.840. The Morgan fingerprint density at radius 2 is 1.54 bits per heavy atom. The van der Waals surface area contributed by atoms with Gasteiger partial charge in [-0.3, -0.25) is 15.1 Å². The maximum atomic E-state index is 13.0. The Labute approximate surface area is 232 Å². The van der Waals surface area contributed by atoms with Crippen LogP contribution >= 0.6 is 0 Å². The summed E-state index contributed by atoms with van der Waals surface area (Å²) in [4.78, 5) is 25.5. The first-order valence-electron chi connectivity index (χ1n) is 13.6. The SMILES string of the molecule is CC(C)N(C(=N)CCCc1ccc(-c2cccc(CC(=O)O)c2)cc1)C(=O)NCc1ccc(C(C)(C)C)cc1. The van der Waals surface area contributed by atoms with E-state index in [2.05, 4.69) is 50.4 Å². The van der Waals surface area contributed by atoms with Crippen molar-refractivity contribution < 1.29 is 14.7 Å². The summed E-state index contributed by atoms with van der Waals surface area (Å²) in [5, 5.41) is 20.6. The van der Waals surface area contributed by atoms with Crippen LogP contribution in [0.3, 0.4) is 0 Å². The van der Waals surface area contributed by atoms with Gasteiger partial charge >= 0.3 is 12.0 Å². The summed E-state index contributed by atoms with van der Waals surface area (Å²) in [6.45, 7) is 10.8. The van der Waals surface area contributed by atoms with Gasteiger partial charge < -0.3 is 10.4 Å². The summed E-state index contributed by atoms with van der Waals surface area (Å²) in [7, 11) is 0. The highest BCUT2D eigenvalue weighted by atomic mass is 16.4. The van der Waals surface area contributed by atoms with Crippen LogP contribution in [-0.4, -0.2) is 33.9 Å². The fourth-order valence-corrected chi connectivity index (χ4v) is 4.53. The van der Waals surface area contributed by atoms with Crippen molar-refractivity contribution >= 4 is 17.8 Å². The Morgan fingerprint density at radius 3 is 2.13 bits per heavy atom. The van der Waals surface area contributed by atoms with E-state index in [-0.39, 0.29) is 23.9 Å². The molecule has 6 nitrogen and oxygen atoms in total. The van der Waals surface area contributed by atoms with Crippen LogP contribution in [0.25, 0.3) is 11.1 Å². The van der Waals surface area contributed by atoms with Crippen molar-refractivity contribution in [3.8, 4) is 11.1 Å². The lowest BCUT2D eigenvalue weighted by Crippen LogP contribution is -2.47. The molecule has 0 fully saturated rings. The highest BCUT2D eigenvalue weighted by Gasteiger charge is 2.21. The Bertz CT molecular complexity index is 1270. The van der Waals surface area contributed by atoms with Crippen LogP contribution in [0.4, 0.5) is 4.79 Å². The molecule has 0 heterocycles. The number of benzene rings is 3. The van der Waals surface area contributed by atoms with Gasteiger partial charge in [0.15, 0.2) is 0 Å². The van der Waals surface area contributed by atoms with Crippen LogP contribution in [-0.2, 0) is 29.6 Å². The fourth-order valence-electron chi connectivity index (χ4n) is 4.53. The Hall–Kier alpha value is -3.93. The molecule has 0 saturated carbocycles. The fraction of sp³-hybridized carbons (Fsp3) is 0.364. The predicted molar refractivity (Wildman–Crippen MR) is 158 cm³/mol. The van der Waals surface area contributed by atoms with Crippen molar-refractivity contribution in [3.63, 3.8) is 0 Å². The van der Waals surface area contributed by atoms with Crippen LogP contribution in [0.5, 0.6) is 0 Å². The molecule has 0 radical (unpaired) electrons. The maximum absolute atomic E-state index is 13.0. The second-order valence-corrected chi connectivity index (χ2v) is 11.3. The average Bonchev–Trinajstić information content (AvgIpc) is 2.87. The van der Waals surface area contributed by atoms with Gasteiger partial charge in [0.25, 0.3) is 0 Å². The minimum Gasteiger partial charge on any atom is -0.481 e. The molecule has 3 rings (SSSR count). The van der Waals surface area contributed by atoms with Gasteiger partial charge in [-0.2, -0.15) is 0 Å². The molecule has 0 saturated heterocycles. The quantitative estimate of drug-likeness (QED) is 0.192. The van der Waals surface area contributed by atoms with Crippen LogP contribution in [0.15, 0.2) is 72.8 Å². The van der Waals surface area contributed by atoms with Crippen molar-refractivity contribution in [1.29, 1.82) is 5.41 Å². The molecule has 206 valence electrons. The summed E-state index contributed by atoms with van der Waals surface area (Å²) in [6.07, 6.45) is 2.07. The Balaban J connectivity index is 1.51. The second kappa shape index (κ2) is 13.2. The van der Waals surface area contributed by atoms with Crippen LogP contribution in [0, 0.1) is 5.41 Å². The summed E-state index contributed by atoms with van der Waals surface area (Å²) in [5.74, 6) is -0.523. The van der Waals surface area contributed by atoms with Gasteiger partial charge in [0.2, 0.25) is 0 Å². The van der Waals surface area contributed by atoms with Gasteiger partial charge in [0.1, 0.15) is 5.84 Å². The lowest BCUT2D eigenvalue weighted by molar-refractivity contribution is -0.136. The number of carbonyl (C=O) groups is 2. The molecule has 3 aromatic rings. The number of hydrogen-bond acceptors (Lipinski definition) is 3. The lowest BCUT2D eigenvalue weighted by atomic mass is 9.87. The predicted octanol–water partition coefficient (Wildman–Crippen LogP) is 7.20. The monoisotopic (exact) mass is 527 g/mol. The summed E-state index contributed by atoms with van der Waals surface area (Å²) in [5.41, 5.74) is 6.33. The molecule has 39 heavy (non-hydrogen) atoms. The number of hydrogen-bond donors (Lipinski definition) is 3. The largest absolute Gasteiger partial charge is 0.481 e. The molecule has 0 spiro atoms. The van der Waals surface area contributed by atoms with Crippen molar-refractivity contribution in [3.05, 3.63) is 95.1 Å². The third kappa shape index (κ3) is 8.81. The van der Waals surface area contributed by atoms with E-state index in [9.17, 15) is 9.59 Å². The Morgan fingerprint density at radius 1 is 0.897 bits per heavy atom. The molecule has 0 aliphatic heterocycles. The first-order chi connectivity index (χ1) is 18.4. The van der Waals surface area contributed by atoms with E-state index < -0.39 is 5.97 Å². The van der Waals surface area contributed by atoms with Crippen LogP contribution in [0.1, 0.15) is 69.7 Å². The highest BCUT2D eigenvalue weighted by molar-refractivity contribution is 5.96. The minimum absolute atomic E-state index is 0.00778. The molecule has 0 aliphatic carbocycles. The zero-order chi connectivity index (χ0) is 28.6. The smallest absolute Gasteiger partial charge is 0.323 e. The summed E-state index contributed by atoms with van der Waals surface area (Å²) < 4.78 is 0. The number of aryl methyl sites for hydroxylation is 1. The van der Waals surface area contributed by atoms with Gasteiger partial charge in [-0.15, -0.1) is 0 Å². The van der Waals surface area contributed by atoms with Crippen LogP contribution < -0.4 is 5.32 Å². The summed E-state index contributed by atoms with van der Waals surface area (Å²) in [6, 6.07) is 23.8. The van der Waals surface area contributed by atoms with Gasteiger partial charge in [0, 0.05) is 19.0 Å². The molecule has 0 bridgehead atoms. The molecular formula is C33H41N3O3. The van der Waals surface area contributed by atoms with Crippen molar-refractivity contribution in [1.82, 2.24) is 10.2 Å². The summed E-state index contributed by atoms with van der Waals surface area (Å²) >= 11 is 0. The third-order valence-electron chi connectivity index (χ3n) is 6.74. The molecular weight excluding hydrogens is 486 g/mol. The maximum Gasteiger partial charge on any atom is 0.323 e. The number of nitrogens with zero attached hydrogens (tertiary/aromatic N) is 1. The average molecular weight is 528 g/mol. The van der Waals surface area contributed by atoms with Gasteiger partial charge in [-0.1, -0.05) is 93.6 Å². The number of carboxylic acids is 1. The van der Waals surface area contributed by atoms with E-state index in [1.165, 1.54) is 10.5 Å². The van der Waals surface area contributed by atoms with Crippen molar-refractivity contribution in [2.75, 3.05) is 0 Å². The van der Waals surface area contributed by atoms with Crippen LogP contribution in [0.2, 0.25) is 0 Å². The highest BCUT2D eigenvalue weighted by Crippen LogP contribution is 2.23. The van der Waals surface area contributed by atoms with E-state index in [0.29, 0.717) is 18.8 Å². The van der Waals surface area contributed by atoms with E-state index in [0.717, 1.165) is 40.7 Å². The second-order valence-electron chi connectivity index (χ2n) is 11.3. The first kappa shape index (κ1) is 29.6. The Kier molecular flexibility index (Phi) is 10.0. The van der Waals surface area contributed by atoms with E-state index in [1.807, 2.05) is 62.4 Å². The number of rotatable bonds is 10. The lowest BCUT2D eigenvalue weighted by Gasteiger charge is -2.27. The van der Waals surface area contributed by atoms with Gasteiger partial charge in [-0.05, 0) is 65.5 Å². The topological polar surface area (TPSA) is 93.5 Å². The van der Waals surface area contributed by atoms with E-state index >= 15 is 0 Å².